The van der Waals surface area contributed by atoms with Crippen LogP contribution in [0.2, 0.25) is 5.02 Å². The second kappa shape index (κ2) is 9.40. The van der Waals surface area contributed by atoms with Gasteiger partial charge >= 0.3 is 11.9 Å². The zero-order valence-electron chi connectivity index (χ0n) is 18.6. The van der Waals surface area contributed by atoms with Gasteiger partial charge in [-0.25, -0.2) is 9.59 Å². The molecular weight excluding hydrogens is 476 g/mol. The number of nitriles is 1. The lowest BCUT2D eigenvalue weighted by atomic mass is 9.81. The van der Waals surface area contributed by atoms with Crippen molar-refractivity contribution in [3.63, 3.8) is 0 Å². The highest BCUT2D eigenvalue weighted by atomic mass is 35.5. The van der Waals surface area contributed by atoms with Crippen LogP contribution in [0.5, 0.6) is 5.75 Å². The van der Waals surface area contributed by atoms with Crippen LogP contribution in [0.1, 0.15) is 11.5 Å². The van der Waals surface area contributed by atoms with E-state index in [1.807, 2.05) is 0 Å². The number of allylic oxidation sites excluding steroid dienone is 1. The predicted octanol–water partition coefficient (Wildman–Crippen LogP) is 2.57. The van der Waals surface area contributed by atoms with Gasteiger partial charge in [-0.1, -0.05) is 41.9 Å². The molecule has 0 bridgehead atoms. The first-order chi connectivity index (χ1) is 16.8. The Bertz CT molecular complexity index is 1350. The zero-order chi connectivity index (χ0) is 25.3. The standard InChI is InChI=1S/C24H19ClN4O6/c1-33-23(31)19-18(12-6-4-3-5-7-12)14(10-26)22(27)29(20(19)24(32)34-2)13-8-15(25)21-16(9-13)28-17(30)11-35-21/h3-9,18H,11,27H2,1-2H3,(H,28,30). The fraction of sp³-hybridized carbons (Fsp3) is 0.167. The van der Waals surface area contributed by atoms with Crippen molar-refractivity contribution in [2.75, 3.05) is 31.0 Å². The minimum absolute atomic E-state index is 0.00150. The van der Waals surface area contributed by atoms with Gasteiger partial charge in [-0.2, -0.15) is 5.26 Å². The summed E-state index contributed by atoms with van der Waals surface area (Å²) >= 11 is 6.40. The van der Waals surface area contributed by atoms with Crippen molar-refractivity contribution in [1.29, 1.82) is 5.26 Å². The van der Waals surface area contributed by atoms with E-state index in [1.165, 1.54) is 17.0 Å². The van der Waals surface area contributed by atoms with E-state index >= 15 is 0 Å². The Balaban J connectivity index is 2.04. The van der Waals surface area contributed by atoms with Crippen LogP contribution in [0.4, 0.5) is 11.4 Å². The molecule has 11 heteroatoms. The summed E-state index contributed by atoms with van der Waals surface area (Å²) in [6.07, 6.45) is 0. The monoisotopic (exact) mass is 494 g/mol. The number of benzene rings is 2. The number of esters is 2. The molecule has 1 amide bonds. The minimum atomic E-state index is -1.00. The van der Waals surface area contributed by atoms with E-state index in [9.17, 15) is 19.6 Å². The molecule has 0 fully saturated rings. The number of halogens is 1. The third-order valence-electron chi connectivity index (χ3n) is 5.52. The molecule has 0 aliphatic carbocycles. The average molecular weight is 495 g/mol. The Morgan fingerprint density at radius 1 is 1.20 bits per heavy atom. The highest BCUT2D eigenvalue weighted by Gasteiger charge is 2.43. The quantitative estimate of drug-likeness (QED) is 0.612. The number of anilines is 2. The Labute approximate surface area is 205 Å². The van der Waals surface area contributed by atoms with Crippen molar-refractivity contribution in [2.45, 2.75) is 5.92 Å². The molecule has 2 aromatic carbocycles. The fourth-order valence-electron chi connectivity index (χ4n) is 4.05. The van der Waals surface area contributed by atoms with E-state index in [1.54, 1.807) is 30.3 Å². The lowest BCUT2D eigenvalue weighted by molar-refractivity contribution is -0.139. The molecule has 1 unspecified atom stereocenters. The van der Waals surface area contributed by atoms with Crippen LogP contribution in [0.15, 0.2) is 65.1 Å². The summed E-state index contributed by atoms with van der Waals surface area (Å²) in [7, 11) is 2.31. The van der Waals surface area contributed by atoms with Crippen molar-refractivity contribution in [2.24, 2.45) is 5.73 Å². The third-order valence-corrected chi connectivity index (χ3v) is 5.80. The number of nitrogens with two attached hydrogens (primary N) is 1. The van der Waals surface area contributed by atoms with Crippen LogP contribution >= 0.6 is 11.6 Å². The molecule has 2 aliphatic heterocycles. The maximum absolute atomic E-state index is 13.1. The third kappa shape index (κ3) is 4.02. The number of nitrogens with one attached hydrogen (secondary N) is 1. The van der Waals surface area contributed by atoms with Gasteiger partial charge in [-0.15, -0.1) is 0 Å². The van der Waals surface area contributed by atoms with Crippen LogP contribution in [0.25, 0.3) is 0 Å². The molecular formula is C24H19ClN4O6. The van der Waals surface area contributed by atoms with Gasteiger partial charge in [0.2, 0.25) is 0 Å². The lowest BCUT2D eigenvalue weighted by Crippen LogP contribution is -2.41. The number of carbonyl (C=O) groups excluding carboxylic acids is 3. The van der Waals surface area contributed by atoms with Gasteiger partial charge in [0.25, 0.3) is 5.91 Å². The second-order valence-electron chi connectivity index (χ2n) is 7.48. The number of amides is 1. The lowest BCUT2D eigenvalue weighted by Gasteiger charge is -2.36. The van der Waals surface area contributed by atoms with Crippen molar-refractivity contribution in [1.82, 2.24) is 0 Å². The van der Waals surface area contributed by atoms with Crippen molar-refractivity contribution >= 4 is 40.8 Å². The van der Waals surface area contributed by atoms with E-state index in [0.717, 1.165) is 14.2 Å². The molecule has 0 saturated carbocycles. The van der Waals surface area contributed by atoms with Crippen LogP contribution in [-0.4, -0.2) is 38.7 Å². The molecule has 1 atom stereocenters. The molecule has 2 aromatic rings. The minimum Gasteiger partial charge on any atom is -0.480 e. The molecule has 3 N–H and O–H groups in total. The van der Waals surface area contributed by atoms with Crippen LogP contribution in [-0.2, 0) is 23.9 Å². The van der Waals surface area contributed by atoms with Gasteiger partial charge in [-0.3, -0.25) is 9.69 Å². The SMILES string of the molecule is COC(=O)C1=C(C(=O)OC)N(c2cc(Cl)c3c(c2)NC(=O)CO3)C(N)=C(C#N)C1c1ccccc1. The zero-order valence-corrected chi connectivity index (χ0v) is 19.4. The van der Waals surface area contributed by atoms with E-state index in [4.69, 9.17) is 31.5 Å². The molecule has 0 aromatic heterocycles. The molecule has 0 radical (unpaired) electrons. The Hall–Kier alpha value is -4.49. The molecule has 0 spiro atoms. The van der Waals surface area contributed by atoms with Crippen molar-refractivity contribution < 1.29 is 28.6 Å². The predicted molar refractivity (Wildman–Crippen MR) is 125 cm³/mol. The number of ether oxygens (including phenoxy) is 3. The Morgan fingerprint density at radius 2 is 1.89 bits per heavy atom. The first kappa shape index (κ1) is 23.7. The van der Waals surface area contributed by atoms with E-state index < -0.39 is 23.8 Å². The van der Waals surface area contributed by atoms with Gasteiger partial charge in [0.15, 0.2) is 12.4 Å². The maximum Gasteiger partial charge on any atom is 0.355 e. The summed E-state index contributed by atoms with van der Waals surface area (Å²) in [5.74, 6) is -3.07. The average Bonchev–Trinajstić information content (AvgIpc) is 2.87. The number of hydrogen-bond acceptors (Lipinski definition) is 9. The molecule has 35 heavy (non-hydrogen) atoms. The first-order valence-electron chi connectivity index (χ1n) is 10.2. The van der Waals surface area contributed by atoms with Gasteiger partial charge in [0, 0.05) is 0 Å². The fourth-order valence-corrected chi connectivity index (χ4v) is 4.32. The molecule has 4 rings (SSSR count). The number of methoxy groups -OCH3 is 2. The van der Waals surface area contributed by atoms with Crippen LogP contribution in [0, 0.1) is 11.3 Å². The Kier molecular flexibility index (Phi) is 6.36. The van der Waals surface area contributed by atoms with Crippen molar-refractivity contribution in [3.05, 3.63) is 75.7 Å². The summed E-state index contributed by atoms with van der Waals surface area (Å²) in [6.45, 7) is -0.213. The van der Waals surface area contributed by atoms with E-state index in [2.05, 4.69) is 11.4 Å². The van der Waals surface area contributed by atoms with E-state index in [0.29, 0.717) is 5.56 Å². The number of rotatable bonds is 4. The van der Waals surface area contributed by atoms with E-state index in [-0.39, 0.29) is 51.4 Å². The van der Waals surface area contributed by atoms with Gasteiger partial charge in [0.1, 0.15) is 11.5 Å². The van der Waals surface area contributed by atoms with Gasteiger partial charge in [-0.05, 0) is 17.7 Å². The summed E-state index contributed by atoms with van der Waals surface area (Å²) in [6, 6.07) is 13.6. The molecule has 10 nitrogen and oxygen atoms in total. The Morgan fingerprint density at radius 3 is 2.51 bits per heavy atom. The van der Waals surface area contributed by atoms with Crippen molar-refractivity contribution in [3.8, 4) is 11.8 Å². The molecule has 178 valence electrons. The number of fused-ring (bicyclic) bond motifs is 1. The normalized spacial score (nSPS) is 17.1. The van der Waals surface area contributed by atoms with Gasteiger partial charge in [0.05, 0.1) is 53.8 Å². The van der Waals surface area contributed by atoms with Crippen LogP contribution in [0.3, 0.4) is 0 Å². The summed E-state index contributed by atoms with van der Waals surface area (Å²) in [4.78, 5) is 39.2. The molecule has 0 saturated heterocycles. The summed E-state index contributed by atoms with van der Waals surface area (Å²) in [5.41, 5.74) is 7.00. The summed E-state index contributed by atoms with van der Waals surface area (Å²) < 4.78 is 15.4. The van der Waals surface area contributed by atoms with Crippen LogP contribution < -0.4 is 20.7 Å². The molecule has 2 heterocycles. The maximum atomic E-state index is 13.1. The smallest absolute Gasteiger partial charge is 0.355 e. The second-order valence-corrected chi connectivity index (χ2v) is 7.88. The highest BCUT2D eigenvalue weighted by Crippen LogP contribution is 2.46. The van der Waals surface area contributed by atoms with Gasteiger partial charge < -0.3 is 25.3 Å². The molecule has 2 aliphatic rings. The summed E-state index contributed by atoms with van der Waals surface area (Å²) in [5, 5.41) is 12.8. The topological polar surface area (TPSA) is 144 Å². The largest absolute Gasteiger partial charge is 0.480 e. The first-order valence-corrected chi connectivity index (χ1v) is 10.6. The number of hydrogen-bond donors (Lipinski definition) is 2. The number of nitrogens with zero attached hydrogens (tertiary/aromatic N) is 2. The highest BCUT2D eigenvalue weighted by molar-refractivity contribution is 6.33. The number of carbonyl (C=O) groups is 3.